The van der Waals surface area contributed by atoms with Crippen LogP contribution in [0.4, 0.5) is 5.95 Å². The number of methoxy groups -OCH3 is 1. The molecule has 2 aromatic rings. The van der Waals surface area contributed by atoms with Crippen LogP contribution in [0.25, 0.3) is 0 Å². The Morgan fingerprint density at radius 1 is 1.12 bits per heavy atom. The van der Waals surface area contributed by atoms with Gasteiger partial charge in [-0.3, -0.25) is 4.79 Å². The van der Waals surface area contributed by atoms with Gasteiger partial charge < -0.3 is 15.0 Å². The summed E-state index contributed by atoms with van der Waals surface area (Å²) in [5.41, 5.74) is 1.83. The maximum absolute atomic E-state index is 12.3. The number of nitrogens with one attached hydrogen (secondary N) is 1. The summed E-state index contributed by atoms with van der Waals surface area (Å²) >= 11 is 0. The molecule has 26 heavy (non-hydrogen) atoms. The monoisotopic (exact) mass is 355 g/mol. The van der Waals surface area contributed by atoms with Crippen molar-refractivity contribution in [1.82, 2.24) is 20.3 Å². The molecule has 1 saturated heterocycles. The second kappa shape index (κ2) is 8.60. The highest BCUT2D eigenvalue weighted by Crippen LogP contribution is 2.17. The molecule has 1 amide bonds. The summed E-state index contributed by atoms with van der Waals surface area (Å²) in [4.78, 5) is 27.6. The molecule has 138 valence electrons. The zero-order chi connectivity index (χ0) is 18.4. The highest BCUT2D eigenvalue weighted by molar-refractivity contribution is 5.94. The Kier molecular flexibility index (Phi) is 5.99. The molecule has 7 nitrogen and oxygen atoms in total. The lowest BCUT2D eigenvalue weighted by Gasteiger charge is -2.26. The predicted octanol–water partition coefficient (Wildman–Crippen LogP) is 2.36. The van der Waals surface area contributed by atoms with Crippen molar-refractivity contribution in [2.24, 2.45) is 0 Å². The molecule has 0 spiro atoms. The van der Waals surface area contributed by atoms with Gasteiger partial charge in [-0.15, -0.1) is 0 Å². The Balaban J connectivity index is 1.68. The Hall–Kier alpha value is -2.70. The molecule has 0 saturated carbocycles. The number of hydrogen-bond donors (Lipinski definition) is 1. The number of hydrogen-bond acceptors (Lipinski definition) is 6. The average molecular weight is 355 g/mol. The predicted molar refractivity (Wildman–Crippen MR) is 99.4 cm³/mol. The highest BCUT2D eigenvalue weighted by atomic mass is 16.5. The van der Waals surface area contributed by atoms with Crippen LogP contribution in [-0.4, -0.2) is 41.1 Å². The lowest BCUT2D eigenvalue weighted by atomic mass is 10.1. The summed E-state index contributed by atoms with van der Waals surface area (Å²) in [6.45, 7) is 4.18. The van der Waals surface area contributed by atoms with Gasteiger partial charge in [0, 0.05) is 18.7 Å². The number of nitrogens with zero attached hydrogens (tertiary/aromatic N) is 4. The SMILES string of the molecule is CCc1ccc(C(=O)NCc2nc(OC)nc(N3CCCCC3)n2)cc1. The lowest BCUT2D eigenvalue weighted by molar-refractivity contribution is 0.0949. The fourth-order valence-electron chi connectivity index (χ4n) is 2.95. The van der Waals surface area contributed by atoms with Crippen molar-refractivity contribution < 1.29 is 9.53 Å². The highest BCUT2D eigenvalue weighted by Gasteiger charge is 2.17. The molecule has 0 bridgehead atoms. The van der Waals surface area contributed by atoms with Gasteiger partial charge in [-0.25, -0.2) is 0 Å². The van der Waals surface area contributed by atoms with Crippen LogP contribution in [0.15, 0.2) is 24.3 Å². The van der Waals surface area contributed by atoms with Crippen molar-refractivity contribution in [2.45, 2.75) is 39.2 Å². The van der Waals surface area contributed by atoms with Crippen LogP contribution < -0.4 is 15.0 Å². The standard InChI is InChI=1S/C19H25N5O2/c1-3-14-7-9-15(10-8-14)17(25)20-13-16-21-18(23-19(22-16)26-2)24-11-5-4-6-12-24/h7-10H,3-6,11-13H2,1-2H3,(H,20,25). The first-order valence-corrected chi connectivity index (χ1v) is 9.10. The molecule has 0 atom stereocenters. The van der Waals surface area contributed by atoms with E-state index in [1.807, 2.05) is 24.3 Å². The second-order valence-electron chi connectivity index (χ2n) is 6.32. The molecule has 7 heteroatoms. The van der Waals surface area contributed by atoms with Crippen LogP contribution >= 0.6 is 0 Å². The second-order valence-corrected chi connectivity index (χ2v) is 6.32. The molecular weight excluding hydrogens is 330 g/mol. The number of aryl methyl sites for hydroxylation is 1. The number of anilines is 1. The average Bonchev–Trinajstić information content (AvgIpc) is 2.72. The summed E-state index contributed by atoms with van der Waals surface area (Å²) in [7, 11) is 1.53. The molecular formula is C19H25N5O2. The van der Waals surface area contributed by atoms with Crippen molar-refractivity contribution in [1.29, 1.82) is 0 Å². The smallest absolute Gasteiger partial charge is 0.321 e. The molecule has 2 heterocycles. The zero-order valence-corrected chi connectivity index (χ0v) is 15.4. The number of rotatable bonds is 6. The van der Waals surface area contributed by atoms with E-state index in [-0.39, 0.29) is 18.5 Å². The molecule has 1 fully saturated rings. The first kappa shape index (κ1) is 18.1. The van der Waals surface area contributed by atoms with E-state index >= 15 is 0 Å². The quantitative estimate of drug-likeness (QED) is 0.857. The minimum Gasteiger partial charge on any atom is -0.467 e. The molecule has 3 rings (SSSR count). The van der Waals surface area contributed by atoms with Gasteiger partial charge in [-0.05, 0) is 43.4 Å². The van der Waals surface area contributed by atoms with Crippen LogP contribution in [0.5, 0.6) is 6.01 Å². The van der Waals surface area contributed by atoms with Crippen LogP contribution in [0.3, 0.4) is 0 Å². The van der Waals surface area contributed by atoms with Gasteiger partial charge in [0.05, 0.1) is 13.7 Å². The van der Waals surface area contributed by atoms with E-state index in [1.165, 1.54) is 19.1 Å². The van der Waals surface area contributed by atoms with E-state index < -0.39 is 0 Å². The molecule has 1 aliphatic rings. The molecule has 1 aromatic heterocycles. The molecule has 0 radical (unpaired) electrons. The summed E-state index contributed by atoms with van der Waals surface area (Å²) in [5, 5.41) is 2.87. The Morgan fingerprint density at radius 2 is 1.85 bits per heavy atom. The van der Waals surface area contributed by atoms with Crippen molar-refractivity contribution in [2.75, 3.05) is 25.1 Å². The fourth-order valence-corrected chi connectivity index (χ4v) is 2.95. The van der Waals surface area contributed by atoms with Gasteiger partial charge in [-0.2, -0.15) is 15.0 Å². The van der Waals surface area contributed by atoms with E-state index in [0.29, 0.717) is 17.3 Å². The first-order chi connectivity index (χ1) is 12.7. The van der Waals surface area contributed by atoms with Gasteiger partial charge in [0.15, 0.2) is 5.82 Å². The minimum absolute atomic E-state index is 0.147. The van der Waals surface area contributed by atoms with Crippen LogP contribution in [0, 0.1) is 0 Å². The van der Waals surface area contributed by atoms with Gasteiger partial charge >= 0.3 is 6.01 Å². The number of amides is 1. The van der Waals surface area contributed by atoms with Crippen LogP contribution in [-0.2, 0) is 13.0 Å². The van der Waals surface area contributed by atoms with Crippen LogP contribution in [0.1, 0.15) is 47.9 Å². The van der Waals surface area contributed by atoms with Crippen molar-refractivity contribution in [3.8, 4) is 6.01 Å². The normalized spacial score (nSPS) is 14.2. The molecule has 1 N–H and O–H groups in total. The molecule has 1 aliphatic heterocycles. The Bertz CT molecular complexity index is 742. The van der Waals surface area contributed by atoms with E-state index in [1.54, 1.807) is 0 Å². The summed E-state index contributed by atoms with van der Waals surface area (Å²) < 4.78 is 5.20. The number of carbonyl (C=O) groups excluding carboxylic acids is 1. The minimum atomic E-state index is -0.147. The number of aromatic nitrogens is 3. The van der Waals surface area contributed by atoms with E-state index in [0.717, 1.165) is 32.4 Å². The lowest BCUT2D eigenvalue weighted by Crippen LogP contribution is -2.32. The maximum Gasteiger partial charge on any atom is 0.321 e. The number of carbonyl (C=O) groups is 1. The van der Waals surface area contributed by atoms with Crippen molar-refractivity contribution in [3.05, 3.63) is 41.2 Å². The number of ether oxygens (including phenoxy) is 1. The Labute approximate surface area is 153 Å². The third-order valence-electron chi connectivity index (χ3n) is 4.50. The first-order valence-electron chi connectivity index (χ1n) is 9.10. The largest absolute Gasteiger partial charge is 0.467 e. The summed E-state index contributed by atoms with van der Waals surface area (Å²) in [6, 6.07) is 7.88. The third kappa shape index (κ3) is 4.47. The van der Waals surface area contributed by atoms with E-state index in [9.17, 15) is 4.79 Å². The number of benzene rings is 1. The number of piperidine rings is 1. The van der Waals surface area contributed by atoms with Crippen LogP contribution in [0.2, 0.25) is 0 Å². The topological polar surface area (TPSA) is 80.2 Å². The van der Waals surface area contributed by atoms with Gasteiger partial charge in [-0.1, -0.05) is 19.1 Å². The Morgan fingerprint density at radius 3 is 2.50 bits per heavy atom. The van der Waals surface area contributed by atoms with Crippen molar-refractivity contribution in [3.63, 3.8) is 0 Å². The van der Waals surface area contributed by atoms with Gasteiger partial charge in [0.25, 0.3) is 5.91 Å². The molecule has 1 aromatic carbocycles. The molecule has 0 unspecified atom stereocenters. The fraction of sp³-hybridized carbons (Fsp3) is 0.474. The van der Waals surface area contributed by atoms with E-state index in [2.05, 4.69) is 32.1 Å². The summed E-state index contributed by atoms with van der Waals surface area (Å²) in [5.74, 6) is 0.968. The van der Waals surface area contributed by atoms with E-state index in [4.69, 9.17) is 4.74 Å². The maximum atomic E-state index is 12.3. The zero-order valence-electron chi connectivity index (χ0n) is 15.4. The summed E-state index contributed by atoms with van der Waals surface area (Å²) in [6.07, 6.45) is 4.45. The molecule has 0 aliphatic carbocycles. The third-order valence-corrected chi connectivity index (χ3v) is 4.50. The van der Waals surface area contributed by atoms with Gasteiger partial charge in [0.1, 0.15) is 0 Å². The van der Waals surface area contributed by atoms with Crippen molar-refractivity contribution >= 4 is 11.9 Å². The van der Waals surface area contributed by atoms with Gasteiger partial charge in [0.2, 0.25) is 5.95 Å².